The van der Waals surface area contributed by atoms with Crippen LogP contribution in [-0.4, -0.2) is 14.8 Å². The van der Waals surface area contributed by atoms with Crippen LogP contribution in [0.2, 0.25) is 10.0 Å². The average Bonchev–Trinajstić information content (AvgIpc) is 3.06. The largest absolute Gasteiger partial charge is 0.364 e. The summed E-state index contributed by atoms with van der Waals surface area (Å²) in [4.78, 5) is 4.62. The second-order valence-corrected chi connectivity index (χ2v) is 6.69. The van der Waals surface area contributed by atoms with Crippen LogP contribution in [0.4, 0.5) is 5.82 Å². The Labute approximate surface area is 142 Å². The molecule has 0 aliphatic rings. The molecule has 3 rings (SSSR count). The first-order chi connectivity index (χ1) is 10.5. The molecule has 7 heteroatoms. The fourth-order valence-corrected chi connectivity index (χ4v) is 3.27. The summed E-state index contributed by atoms with van der Waals surface area (Å²) in [5.41, 5.74) is 2.68. The highest BCUT2D eigenvalue weighted by molar-refractivity contribution is 7.10. The van der Waals surface area contributed by atoms with E-state index < -0.39 is 0 Å². The van der Waals surface area contributed by atoms with E-state index in [1.165, 1.54) is 0 Å². The highest BCUT2D eigenvalue weighted by Gasteiger charge is 2.10. The number of halogens is 2. The summed E-state index contributed by atoms with van der Waals surface area (Å²) in [5.74, 6) is 0.968. The van der Waals surface area contributed by atoms with Crippen molar-refractivity contribution in [3.8, 4) is 11.3 Å². The van der Waals surface area contributed by atoms with Gasteiger partial charge in [0.2, 0.25) is 0 Å². The summed E-state index contributed by atoms with van der Waals surface area (Å²) in [7, 11) is 1.91. The second kappa shape index (κ2) is 6.28. The summed E-state index contributed by atoms with van der Waals surface area (Å²) in [6.07, 6.45) is 0. The molecular formula is C15H14Cl2N4S. The maximum Gasteiger partial charge on any atom is 0.124 e. The molecule has 0 spiro atoms. The van der Waals surface area contributed by atoms with Gasteiger partial charge in [-0.2, -0.15) is 5.10 Å². The number of hydrogen-bond donors (Lipinski definition) is 1. The Morgan fingerprint density at radius 3 is 2.82 bits per heavy atom. The van der Waals surface area contributed by atoms with Crippen molar-refractivity contribution in [3.05, 3.63) is 50.4 Å². The quantitative estimate of drug-likeness (QED) is 0.735. The third kappa shape index (κ3) is 3.27. The number of benzene rings is 1. The van der Waals surface area contributed by atoms with E-state index in [0.717, 1.165) is 27.8 Å². The Morgan fingerprint density at radius 1 is 1.27 bits per heavy atom. The molecule has 2 heterocycles. The smallest absolute Gasteiger partial charge is 0.124 e. The zero-order valence-corrected chi connectivity index (χ0v) is 14.4. The van der Waals surface area contributed by atoms with Crippen LogP contribution in [-0.2, 0) is 13.6 Å². The van der Waals surface area contributed by atoms with Crippen LogP contribution in [0.1, 0.15) is 10.7 Å². The van der Waals surface area contributed by atoms with E-state index in [1.54, 1.807) is 23.5 Å². The maximum absolute atomic E-state index is 6.22. The van der Waals surface area contributed by atoms with Crippen LogP contribution in [0.25, 0.3) is 11.3 Å². The summed E-state index contributed by atoms with van der Waals surface area (Å²) < 4.78 is 1.82. The minimum atomic E-state index is 0.641. The van der Waals surface area contributed by atoms with Crippen molar-refractivity contribution in [1.82, 2.24) is 14.8 Å². The average molecular weight is 353 g/mol. The van der Waals surface area contributed by atoms with E-state index in [-0.39, 0.29) is 0 Å². The number of anilines is 1. The van der Waals surface area contributed by atoms with Gasteiger partial charge in [0.25, 0.3) is 0 Å². The molecule has 1 aromatic carbocycles. The number of rotatable bonds is 4. The highest BCUT2D eigenvalue weighted by Crippen LogP contribution is 2.31. The lowest BCUT2D eigenvalue weighted by Crippen LogP contribution is -2.04. The van der Waals surface area contributed by atoms with E-state index in [0.29, 0.717) is 16.6 Å². The summed E-state index contributed by atoms with van der Waals surface area (Å²) >= 11 is 13.8. The number of nitrogens with one attached hydrogen (secondary N) is 1. The van der Waals surface area contributed by atoms with Gasteiger partial charge in [-0.05, 0) is 25.1 Å². The fraction of sp³-hybridized carbons (Fsp3) is 0.200. The van der Waals surface area contributed by atoms with Gasteiger partial charge in [0.15, 0.2) is 0 Å². The lowest BCUT2D eigenvalue weighted by atomic mass is 10.2. The Kier molecular flexibility index (Phi) is 4.38. The van der Waals surface area contributed by atoms with Crippen LogP contribution in [0.15, 0.2) is 29.6 Å². The van der Waals surface area contributed by atoms with Gasteiger partial charge in [-0.15, -0.1) is 11.3 Å². The molecule has 22 heavy (non-hydrogen) atoms. The molecule has 0 atom stereocenters. The van der Waals surface area contributed by atoms with Crippen molar-refractivity contribution in [2.45, 2.75) is 13.5 Å². The Morgan fingerprint density at radius 2 is 2.09 bits per heavy atom. The van der Waals surface area contributed by atoms with Gasteiger partial charge < -0.3 is 5.32 Å². The number of aromatic nitrogens is 3. The molecule has 0 saturated heterocycles. The van der Waals surface area contributed by atoms with Crippen molar-refractivity contribution < 1.29 is 0 Å². The summed E-state index contributed by atoms with van der Waals surface area (Å²) in [6.45, 7) is 2.61. The van der Waals surface area contributed by atoms with Gasteiger partial charge in [-0.25, -0.2) is 4.98 Å². The molecule has 0 fully saturated rings. The topological polar surface area (TPSA) is 42.7 Å². The normalized spacial score (nSPS) is 10.9. The van der Waals surface area contributed by atoms with E-state index in [1.807, 2.05) is 36.2 Å². The predicted molar refractivity (Wildman–Crippen MR) is 92.8 cm³/mol. The lowest BCUT2D eigenvalue weighted by molar-refractivity contribution is 0.758. The number of hydrogen-bond acceptors (Lipinski definition) is 4. The molecule has 0 amide bonds. The number of aryl methyl sites for hydroxylation is 2. The molecule has 0 saturated carbocycles. The Hall–Kier alpha value is -1.56. The van der Waals surface area contributed by atoms with E-state index in [9.17, 15) is 0 Å². The van der Waals surface area contributed by atoms with E-state index >= 15 is 0 Å². The fourth-order valence-electron chi connectivity index (χ4n) is 2.15. The first-order valence-corrected chi connectivity index (χ1v) is 8.31. The number of nitrogens with zero attached hydrogens (tertiary/aromatic N) is 3. The van der Waals surface area contributed by atoms with Gasteiger partial charge in [0.05, 0.1) is 23.0 Å². The van der Waals surface area contributed by atoms with Gasteiger partial charge in [0.1, 0.15) is 10.8 Å². The molecular weight excluding hydrogens is 339 g/mol. The van der Waals surface area contributed by atoms with Crippen molar-refractivity contribution >= 4 is 40.4 Å². The minimum Gasteiger partial charge on any atom is -0.364 e. The molecule has 0 radical (unpaired) electrons. The molecule has 0 aliphatic heterocycles. The van der Waals surface area contributed by atoms with Gasteiger partial charge in [0, 0.05) is 29.1 Å². The number of thiazole rings is 1. The third-order valence-electron chi connectivity index (χ3n) is 3.18. The second-order valence-electron chi connectivity index (χ2n) is 4.90. The third-order valence-corrected chi connectivity index (χ3v) is 4.59. The molecule has 0 unspecified atom stereocenters. The molecule has 2 aromatic heterocycles. The first kappa shape index (κ1) is 15.3. The summed E-state index contributed by atoms with van der Waals surface area (Å²) in [6, 6.07) is 7.39. The highest BCUT2D eigenvalue weighted by atomic mass is 35.5. The van der Waals surface area contributed by atoms with E-state index in [4.69, 9.17) is 23.2 Å². The predicted octanol–water partition coefficient (Wildman–Crippen LogP) is 4.77. The van der Waals surface area contributed by atoms with Crippen LogP contribution < -0.4 is 5.32 Å². The molecule has 114 valence electrons. The molecule has 4 nitrogen and oxygen atoms in total. The van der Waals surface area contributed by atoms with Crippen molar-refractivity contribution in [2.75, 3.05) is 5.32 Å². The van der Waals surface area contributed by atoms with Crippen LogP contribution in [0.5, 0.6) is 0 Å². The standard InChI is InChI=1S/C15H14Cl2N4S/c1-9-5-14(21(2)20-9)18-7-15-19-13(8-22-15)11-6-10(16)3-4-12(11)17/h3-6,8,18H,7H2,1-2H3. The van der Waals surface area contributed by atoms with E-state index in [2.05, 4.69) is 15.4 Å². The minimum absolute atomic E-state index is 0.641. The zero-order chi connectivity index (χ0) is 15.7. The Balaban J connectivity index is 1.76. The monoisotopic (exact) mass is 352 g/mol. The van der Waals surface area contributed by atoms with Gasteiger partial charge >= 0.3 is 0 Å². The van der Waals surface area contributed by atoms with Crippen LogP contribution in [0.3, 0.4) is 0 Å². The molecule has 0 bridgehead atoms. The van der Waals surface area contributed by atoms with Crippen molar-refractivity contribution in [3.63, 3.8) is 0 Å². The lowest BCUT2D eigenvalue weighted by Gasteiger charge is -2.04. The molecule has 3 aromatic rings. The Bertz CT molecular complexity index is 810. The molecule has 1 N–H and O–H groups in total. The maximum atomic E-state index is 6.22. The van der Waals surface area contributed by atoms with Crippen molar-refractivity contribution in [1.29, 1.82) is 0 Å². The molecule has 0 aliphatic carbocycles. The van der Waals surface area contributed by atoms with Crippen LogP contribution in [0, 0.1) is 6.92 Å². The van der Waals surface area contributed by atoms with Gasteiger partial charge in [-0.3, -0.25) is 4.68 Å². The summed E-state index contributed by atoms with van der Waals surface area (Å²) in [5, 5.41) is 11.9. The van der Waals surface area contributed by atoms with Gasteiger partial charge in [-0.1, -0.05) is 23.2 Å². The SMILES string of the molecule is Cc1cc(NCc2nc(-c3cc(Cl)ccc3Cl)cs2)n(C)n1. The first-order valence-electron chi connectivity index (χ1n) is 6.67. The van der Waals surface area contributed by atoms with Crippen LogP contribution >= 0.6 is 34.5 Å². The van der Waals surface area contributed by atoms with Crippen molar-refractivity contribution in [2.24, 2.45) is 7.05 Å². The zero-order valence-electron chi connectivity index (χ0n) is 12.1.